The number of aromatic nitrogens is 2. The zero-order valence-electron chi connectivity index (χ0n) is 40.4. The van der Waals surface area contributed by atoms with Gasteiger partial charge in [-0.05, 0) is 74.4 Å². The van der Waals surface area contributed by atoms with Crippen LogP contribution in [0.25, 0.3) is 0 Å². The van der Waals surface area contributed by atoms with Gasteiger partial charge in [-0.3, -0.25) is 9.80 Å². The summed E-state index contributed by atoms with van der Waals surface area (Å²) in [7, 11) is -6.28. The fourth-order valence-corrected chi connectivity index (χ4v) is 20.2. The van der Waals surface area contributed by atoms with E-state index < -0.39 is 29.5 Å². The average Bonchev–Trinajstić information content (AvgIpc) is 3.35. The van der Waals surface area contributed by atoms with Crippen LogP contribution in [0.1, 0.15) is 66.4 Å². The first-order valence-corrected chi connectivity index (χ1v) is 27.8. The van der Waals surface area contributed by atoms with Crippen molar-refractivity contribution in [3.05, 3.63) is 188 Å². The van der Waals surface area contributed by atoms with Gasteiger partial charge in [0.05, 0.1) is 24.4 Å². The molecule has 1 saturated carbocycles. The van der Waals surface area contributed by atoms with E-state index in [-0.39, 0.29) is 40.6 Å². The first-order valence-electron chi connectivity index (χ1n) is 24.0. The van der Waals surface area contributed by atoms with Gasteiger partial charge in [0.2, 0.25) is 12.8 Å². The molecule has 9 nitrogen and oxygen atoms in total. The Morgan fingerprint density at radius 3 is 1.49 bits per heavy atom. The van der Waals surface area contributed by atoms with Crippen molar-refractivity contribution in [3.8, 4) is 5.75 Å². The summed E-state index contributed by atoms with van der Waals surface area (Å²) in [5.41, 5.74) is 2.02. The molecule has 0 bridgehead atoms. The number of urea groups is 1. The van der Waals surface area contributed by atoms with Gasteiger partial charge in [0, 0.05) is 23.5 Å². The van der Waals surface area contributed by atoms with Crippen molar-refractivity contribution in [2.45, 2.75) is 95.7 Å². The maximum atomic E-state index is 15.8. The number of fused-ring (bicyclic) bond motifs is 1. The van der Waals surface area contributed by atoms with Crippen LogP contribution >= 0.6 is 0 Å². The number of carbonyl (C=O) groups excluding carboxylic acids is 1. The molecule has 2 amide bonds. The van der Waals surface area contributed by atoms with Crippen molar-refractivity contribution in [3.63, 3.8) is 0 Å². The van der Waals surface area contributed by atoms with E-state index in [2.05, 4.69) is 168 Å². The smallest absolute Gasteiger partial charge is 0.330 e. The van der Waals surface area contributed by atoms with E-state index in [4.69, 9.17) is 23.6 Å². The Labute approximate surface area is 408 Å². The van der Waals surface area contributed by atoms with E-state index in [0.717, 1.165) is 11.3 Å². The van der Waals surface area contributed by atoms with Crippen LogP contribution in [0.5, 0.6) is 5.75 Å². The lowest BCUT2D eigenvalue weighted by atomic mass is 9.89. The number of rotatable bonds is 14. The predicted octanol–water partition coefficient (Wildman–Crippen LogP) is 10.9. The van der Waals surface area contributed by atoms with Crippen LogP contribution in [0.2, 0.25) is 10.1 Å². The maximum Gasteiger partial charge on any atom is 0.330 e. The summed E-state index contributed by atoms with van der Waals surface area (Å²) in [5.74, 6) is 1.14. The molecule has 1 aliphatic heterocycles. The minimum atomic E-state index is -3.14. The number of benzene rings is 6. The molecule has 0 saturated heterocycles. The molecular weight excluding hydrogens is 894 g/mol. The number of alkyl halides is 1. The van der Waals surface area contributed by atoms with Gasteiger partial charge in [0.25, 0.3) is 16.6 Å². The number of para-hydroxylation sites is 3. The van der Waals surface area contributed by atoms with Gasteiger partial charge in [-0.15, -0.1) is 0 Å². The molecule has 1 fully saturated rings. The third-order valence-electron chi connectivity index (χ3n) is 13.7. The molecule has 7 aromatic rings. The number of nitrogens with one attached hydrogen (secondary N) is 1. The van der Waals surface area contributed by atoms with E-state index >= 15 is 4.79 Å². The van der Waals surface area contributed by atoms with Crippen molar-refractivity contribution in [2.24, 2.45) is 0 Å². The fraction of sp³-hybridized carbons (Fsp3) is 0.281. The maximum absolute atomic E-state index is 15.8. The molecule has 0 radical (unpaired) electrons. The Morgan fingerprint density at radius 1 is 0.609 bits per heavy atom. The molecule has 1 aliphatic carbocycles. The van der Waals surface area contributed by atoms with E-state index in [1.165, 1.54) is 20.7 Å². The summed E-state index contributed by atoms with van der Waals surface area (Å²) in [6.07, 6.45) is 2.65. The zero-order chi connectivity index (χ0) is 48.2. The minimum absolute atomic E-state index is 0.152. The number of halogens is 1. The number of hydrogen-bond donors (Lipinski definition) is 1. The first kappa shape index (κ1) is 47.6. The Kier molecular flexibility index (Phi) is 13.7. The summed E-state index contributed by atoms with van der Waals surface area (Å²) in [6, 6.07) is 59.0. The number of ether oxygens (including phenoxy) is 1. The molecule has 69 heavy (non-hydrogen) atoms. The van der Waals surface area contributed by atoms with Crippen LogP contribution < -0.4 is 40.6 Å². The van der Waals surface area contributed by atoms with Gasteiger partial charge in [0.1, 0.15) is 11.6 Å². The van der Waals surface area contributed by atoms with Gasteiger partial charge < -0.3 is 18.9 Å². The molecule has 2 atom stereocenters. The highest BCUT2D eigenvalue weighted by molar-refractivity contribution is 7.00. The SMILES string of the molecule is CC(C)(C)[Si](OC1CC(O[Si](c2ccccc2)(c2ccccc2)C(C)(C)C)CC(N2C(=O)N(c3ccccc3OCF)Cc3cnc(Nc4ccccc4)nc32)C1)(c1ccccc1)c1ccccc1. The summed E-state index contributed by atoms with van der Waals surface area (Å²) in [5, 5.41) is 7.45. The Balaban J connectivity index is 1.23. The molecule has 9 rings (SSSR count). The minimum Gasteiger partial charge on any atom is -0.461 e. The summed E-state index contributed by atoms with van der Waals surface area (Å²) in [6.45, 7) is 12.9. The van der Waals surface area contributed by atoms with Crippen molar-refractivity contribution < 1.29 is 22.8 Å². The number of nitrogens with zero attached hydrogens (tertiary/aromatic N) is 4. The quantitative estimate of drug-likeness (QED) is 0.109. The standard InChI is InChI=1S/C57H62FN5O4Si2/c1-56(2,3)68(47-26-14-8-15-27-47,48-28-16-9-17-29-48)66-45-36-44(37-46(38-45)67-69(57(4,5)6,49-30-18-10-19-31-49)50-32-20-11-21-33-50)63-53-42(39-59-54(61-53)60-43-24-12-7-13-25-43)40-62(55(63)64)51-34-22-23-35-52(51)65-41-58/h7-35,39,44-46H,36-38,40-41H2,1-6H3,(H,59,60,61). The molecule has 1 aromatic heterocycles. The van der Waals surface area contributed by atoms with Gasteiger partial charge >= 0.3 is 6.03 Å². The van der Waals surface area contributed by atoms with Crippen LogP contribution in [-0.4, -0.2) is 57.7 Å². The highest BCUT2D eigenvalue weighted by atomic mass is 28.4. The third-order valence-corrected chi connectivity index (χ3v) is 23.9. The van der Waals surface area contributed by atoms with Gasteiger partial charge in [-0.25, -0.2) is 14.2 Å². The number of hydrogen-bond acceptors (Lipinski definition) is 7. The van der Waals surface area contributed by atoms with Crippen LogP contribution in [0.3, 0.4) is 0 Å². The highest BCUT2D eigenvalue weighted by Gasteiger charge is 2.56. The summed E-state index contributed by atoms with van der Waals surface area (Å²) >= 11 is 0. The van der Waals surface area contributed by atoms with Crippen molar-refractivity contribution in [1.29, 1.82) is 0 Å². The monoisotopic (exact) mass is 955 g/mol. The zero-order valence-corrected chi connectivity index (χ0v) is 42.4. The van der Waals surface area contributed by atoms with E-state index in [1.54, 1.807) is 29.3 Å². The number of amides is 2. The number of carbonyl (C=O) groups is 1. The molecule has 0 spiro atoms. The molecule has 2 unspecified atom stereocenters. The summed E-state index contributed by atoms with van der Waals surface area (Å²) < 4.78 is 35.7. The van der Waals surface area contributed by atoms with Crippen LogP contribution in [0.4, 0.5) is 32.3 Å². The second-order valence-electron chi connectivity index (χ2n) is 20.2. The van der Waals surface area contributed by atoms with Crippen molar-refractivity contribution in [1.82, 2.24) is 9.97 Å². The van der Waals surface area contributed by atoms with E-state index in [9.17, 15) is 4.39 Å². The van der Waals surface area contributed by atoms with Gasteiger partial charge in [0.15, 0.2) is 0 Å². The molecule has 354 valence electrons. The Bertz CT molecular complexity index is 2630. The van der Waals surface area contributed by atoms with Crippen LogP contribution in [-0.2, 0) is 15.4 Å². The van der Waals surface area contributed by atoms with Crippen molar-refractivity contribution in [2.75, 3.05) is 22.0 Å². The normalized spacial score (nSPS) is 17.8. The lowest BCUT2D eigenvalue weighted by Gasteiger charge is -2.51. The van der Waals surface area contributed by atoms with E-state index in [0.29, 0.717) is 36.7 Å². The van der Waals surface area contributed by atoms with Crippen LogP contribution in [0.15, 0.2) is 182 Å². The second-order valence-corrected chi connectivity index (χ2v) is 28.7. The lowest BCUT2D eigenvalue weighted by molar-refractivity contribution is 0.0473. The predicted molar refractivity (Wildman–Crippen MR) is 281 cm³/mol. The fourth-order valence-electron chi connectivity index (χ4n) is 10.7. The van der Waals surface area contributed by atoms with Crippen LogP contribution in [0, 0.1) is 0 Å². The lowest BCUT2D eigenvalue weighted by Crippen LogP contribution is -2.70. The number of anilines is 4. The second kappa shape index (κ2) is 19.9. The molecular formula is C57H62FN5O4Si2. The summed E-state index contributed by atoms with van der Waals surface area (Å²) in [4.78, 5) is 29.2. The average molecular weight is 956 g/mol. The van der Waals surface area contributed by atoms with Gasteiger partial charge in [-0.2, -0.15) is 4.98 Å². The first-order chi connectivity index (χ1) is 33.3. The topological polar surface area (TPSA) is 89.1 Å². The Morgan fingerprint density at radius 2 is 1.04 bits per heavy atom. The molecule has 2 heterocycles. The molecule has 2 aliphatic rings. The highest BCUT2D eigenvalue weighted by Crippen LogP contribution is 2.45. The van der Waals surface area contributed by atoms with Gasteiger partial charge in [-0.1, -0.05) is 193 Å². The van der Waals surface area contributed by atoms with E-state index in [1.807, 2.05) is 41.3 Å². The third kappa shape index (κ3) is 9.38. The molecule has 12 heteroatoms. The Hall–Kier alpha value is -6.45. The molecule has 1 N–H and O–H groups in total. The van der Waals surface area contributed by atoms with Crippen molar-refractivity contribution >= 4 is 66.6 Å². The largest absolute Gasteiger partial charge is 0.461 e. The molecule has 6 aromatic carbocycles.